The van der Waals surface area contributed by atoms with Crippen molar-refractivity contribution in [1.82, 2.24) is 4.90 Å². The number of allylic oxidation sites excluding steroid dienone is 3. The van der Waals surface area contributed by atoms with Crippen LogP contribution < -0.4 is 0 Å². The van der Waals surface area contributed by atoms with E-state index >= 15 is 0 Å². The molecule has 4 aliphatic carbocycles. The number of aliphatic hydroxyl groups excluding tert-OH is 2. The van der Waals surface area contributed by atoms with Crippen LogP contribution in [0.3, 0.4) is 0 Å². The lowest BCUT2D eigenvalue weighted by molar-refractivity contribution is -0.108. The fourth-order valence-corrected chi connectivity index (χ4v) is 9.82. The molecule has 0 radical (unpaired) electrons. The molecule has 0 saturated heterocycles. The van der Waals surface area contributed by atoms with E-state index < -0.39 is 11.7 Å². The summed E-state index contributed by atoms with van der Waals surface area (Å²) in [7, 11) is 0. The quantitative estimate of drug-likeness (QED) is 0.223. The van der Waals surface area contributed by atoms with E-state index in [4.69, 9.17) is 4.74 Å². The molecule has 244 valence electrons. The summed E-state index contributed by atoms with van der Waals surface area (Å²) in [6, 6.07) is 25.0. The highest BCUT2D eigenvalue weighted by atomic mass is 16.5. The normalized spacial score (nSPS) is 32.8. The van der Waals surface area contributed by atoms with E-state index in [1.807, 2.05) is 30.3 Å². The molecule has 0 amide bonds. The molecule has 4 aliphatic rings. The van der Waals surface area contributed by atoms with Crippen LogP contribution in [0.15, 0.2) is 96.1 Å². The lowest BCUT2D eigenvalue weighted by Crippen LogP contribution is -2.56. The molecular formula is C41H51NO4. The molecule has 3 saturated carbocycles. The molecule has 7 rings (SSSR count). The van der Waals surface area contributed by atoms with Crippen LogP contribution in [0.4, 0.5) is 0 Å². The van der Waals surface area contributed by atoms with Gasteiger partial charge in [0.2, 0.25) is 0 Å². The number of benzene rings is 3. The van der Waals surface area contributed by atoms with Gasteiger partial charge < -0.3 is 20.1 Å². The molecular weight excluding hydrogens is 570 g/mol. The van der Waals surface area contributed by atoms with E-state index in [1.165, 1.54) is 27.5 Å². The lowest BCUT2D eigenvalue weighted by atomic mass is 9.50. The Morgan fingerprint density at radius 1 is 0.870 bits per heavy atom. The molecule has 5 heteroatoms. The average Bonchev–Trinajstić information content (AvgIpc) is 3.31. The van der Waals surface area contributed by atoms with Crippen LogP contribution in [-0.2, 0) is 17.9 Å². The number of hydrogen-bond acceptors (Lipinski definition) is 5. The van der Waals surface area contributed by atoms with Crippen LogP contribution in [0.2, 0.25) is 0 Å². The molecule has 3 fully saturated rings. The third kappa shape index (κ3) is 5.79. The number of fused-ring (bicyclic) bond motifs is 6. The molecule has 46 heavy (non-hydrogen) atoms. The van der Waals surface area contributed by atoms with Crippen molar-refractivity contribution in [2.45, 2.75) is 89.8 Å². The summed E-state index contributed by atoms with van der Waals surface area (Å²) in [5.74, 6) is 0.840. The second kappa shape index (κ2) is 12.7. The van der Waals surface area contributed by atoms with Crippen molar-refractivity contribution >= 4 is 10.8 Å². The molecule has 0 bridgehead atoms. The predicted molar refractivity (Wildman–Crippen MR) is 184 cm³/mol. The first kappa shape index (κ1) is 31.8. The van der Waals surface area contributed by atoms with E-state index in [0.717, 1.165) is 50.5 Å². The molecule has 7 unspecified atom stereocenters. The fraction of sp³-hybridized carbons (Fsp3) is 0.512. The Bertz CT molecular complexity index is 1600. The Hall–Kier alpha value is -2.80. The van der Waals surface area contributed by atoms with Gasteiger partial charge in [0.1, 0.15) is 0 Å². The van der Waals surface area contributed by atoms with E-state index in [0.29, 0.717) is 38.1 Å². The van der Waals surface area contributed by atoms with Crippen LogP contribution in [0, 0.1) is 22.7 Å². The van der Waals surface area contributed by atoms with Gasteiger partial charge in [0, 0.05) is 25.0 Å². The molecule has 3 aromatic rings. The van der Waals surface area contributed by atoms with Gasteiger partial charge >= 0.3 is 0 Å². The number of ether oxygens (including phenoxy) is 1. The minimum absolute atomic E-state index is 0.121. The van der Waals surface area contributed by atoms with Gasteiger partial charge in [-0.25, -0.2) is 0 Å². The van der Waals surface area contributed by atoms with E-state index in [2.05, 4.69) is 73.4 Å². The van der Waals surface area contributed by atoms with Crippen LogP contribution in [-0.4, -0.2) is 57.7 Å². The first-order valence-corrected chi connectivity index (χ1v) is 17.5. The number of nitrogens with zero attached hydrogens (tertiary/aromatic N) is 1. The second-order valence-corrected chi connectivity index (χ2v) is 15.3. The third-order valence-electron chi connectivity index (χ3n) is 12.5. The zero-order chi connectivity index (χ0) is 31.9. The van der Waals surface area contributed by atoms with Gasteiger partial charge in [-0.2, -0.15) is 0 Å². The van der Waals surface area contributed by atoms with Gasteiger partial charge in [-0.05, 0) is 84.1 Å². The molecule has 5 nitrogen and oxygen atoms in total. The minimum Gasteiger partial charge on any atom is -0.393 e. The van der Waals surface area contributed by atoms with Gasteiger partial charge in [0.25, 0.3) is 0 Å². The summed E-state index contributed by atoms with van der Waals surface area (Å²) in [5, 5.41) is 36.8. The van der Waals surface area contributed by atoms with Gasteiger partial charge in [-0.15, -0.1) is 0 Å². The summed E-state index contributed by atoms with van der Waals surface area (Å²) < 4.78 is 5.95. The smallest absolute Gasteiger partial charge is 0.0900 e. The second-order valence-electron chi connectivity index (χ2n) is 15.3. The Balaban J connectivity index is 1.12. The van der Waals surface area contributed by atoms with Gasteiger partial charge in [-0.1, -0.05) is 110 Å². The highest BCUT2D eigenvalue weighted by Crippen LogP contribution is 2.66. The van der Waals surface area contributed by atoms with E-state index in [-0.39, 0.29) is 23.5 Å². The van der Waals surface area contributed by atoms with Crippen molar-refractivity contribution in [3.8, 4) is 0 Å². The summed E-state index contributed by atoms with van der Waals surface area (Å²) in [5.41, 5.74) is 4.26. The van der Waals surface area contributed by atoms with E-state index in [1.54, 1.807) is 0 Å². The zero-order valence-electron chi connectivity index (χ0n) is 27.6. The third-order valence-corrected chi connectivity index (χ3v) is 12.5. The Labute approximate surface area is 274 Å². The summed E-state index contributed by atoms with van der Waals surface area (Å²) in [4.78, 5) is 2.29. The highest BCUT2D eigenvalue weighted by molar-refractivity contribution is 5.85. The number of hydrogen-bond donors (Lipinski definition) is 3. The van der Waals surface area contributed by atoms with Crippen molar-refractivity contribution < 1.29 is 20.1 Å². The van der Waals surface area contributed by atoms with Crippen molar-refractivity contribution in [1.29, 1.82) is 0 Å². The highest BCUT2D eigenvalue weighted by Gasteiger charge is 2.62. The average molecular weight is 622 g/mol. The Morgan fingerprint density at radius 3 is 2.48 bits per heavy atom. The maximum atomic E-state index is 12.7. The zero-order valence-corrected chi connectivity index (χ0v) is 27.6. The van der Waals surface area contributed by atoms with Gasteiger partial charge in [0.15, 0.2) is 0 Å². The minimum atomic E-state index is -0.869. The molecule has 7 atom stereocenters. The molecule has 0 aromatic heterocycles. The molecule has 3 N–H and O–H groups in total. The maximum Gasteiger partial charge on any atom is 0.0900 e. The van der Waals surface area contributed by atoms with Gasteiger partial charge in [0.05, 0.1) is 31.0 Å². The first-order valence-electron chi connectivity index (χ1n) is 17.5. The largest absolute Gasteiger partial charge is 0.393 e. The first-order chi connectivity index (χ1) is 22.2. The Kier molecular flexibility index (Phi) is 8.75. The van der Waals surface area contributed by atoms with Crippen molar-refractivity contribution in [3.05, 3.63) is 107 Å². The SMILES string of the molecule is CC12CCC(O)CC1=CC=C1C2CCC2(C)C1CCC2(O)CN(Cc1cccc2ccccc12)CC(O)COCc1ccccc1. The monoisotopic (exact) mass is 621 g/mol. The fourth-order valence-electron chi connectivity index (χ4n) is 9.82. The van der Waals surface area contributed by atoms with Crippen molar-refractivity contribution in [2.24, 2.45) is 22.7 Å². The lowest BCUT2D eigenvalue weighted by Gasteiger charge is -2.56. The van der Waals surface area contributed by atoms with Crippen molar-refractivity contribution in [3.63, 3.8) is 0 Å². The standard InChI is InChI=1S/C41H51NO4/c1-39-20-17-33(43)23-32(39)15-16-36-37(39)18-21-40(2)38(36)19-22-41(40,45)28-42(24-31-13-8-12-30-11-6-7-14-35(30)31)25-34(44)27-46-26-29-9-4-3-5-10-29/h3-16,33-34,37-38,43-45H,17-28H2,1-2H3. The summed E-state index contributed by atoms with van der Waals surface area (Å²) >= 11 is 0. The van der Waals surface area contributed by atoms with Crippen LogP contribution in [0.25, 0.3) is 10.8 Å². The summed E-state index contributed by atoms with van der Waals surface area (Å²) in [6.07, 6.45) is 10.3. The number of aliphatic hydroxyl groups is 3. The molecule has 0 heterocycles. The molecule has 0 aliphatic heterocycles. The predicted octanol–water partition coefficient (Wildman–Crippen LogP) is 7.19. The van der Waals surface area contributed by atoms with Crippen LogP contribution in [0.1, 0.15) is 69.9 Å². The van der Waals surface area contributed by atoms with Crippen LogP contribution in [0.5, 0.6) is 0 Å². The van der Waals surface area contributed by atoms with Crippen LogP contribution >= 0.6 is 0 Å². The molecule has 3 aromatic carbocycles. The maximum absolute atomic E-state index is 12.7. The van der Waals surface area contributed by atoms with E-state index in [9.17, 15) is 15.3 Å². The Morgan fingerprint density at radius 2 is 1.63 bits per heavy atom. The number of rotatable bonds is 10. The summed E-state index contributed by atoms with van der Waals surface area (Å²) in [6.45, 7) is 7.08. The topological polar surface area (TPSA) is 73.2 Å². The van der Waals surface area contributed by atoms with Gasteiger partial charge in [-0.3, -0.25) is 4.90 Å². The van der Waals surface area contributed by atoms with Crippen molar-refractivity contribution in [2.75, 3.05) is 19.7 Å². The molecule has 0 spiro atoms.